The molecule has 148 valence electrons. The highest BCUT2D eigenvalue weighted by Crippen LogP contribution is 2.30. The van der Waals surface area contributed by atoms with Gasteiger partial charge in [0.15, 0.2) is 0 Å². The quantitative estimate of drug-likeness (QED) is 0.737. The Balaban J connectivity index is 1.85. The van der Waals surface area contributed by atoms with Crippen LogP contribution in [-0.2, 0) is 14.8 Å². The molecule has 0 spiro atoms. The second-order valence-corrected chi connectivity index (χ2v) is 9.02. The van der Waals surface area contributed by atoms with Crippen LogP contribution in [0.5, 0.6) is 0 Å². The largest absolute Gasteiger partial charge is 0.478 e. The normalized spacial score (nSPS) is 17.4. The number of hydrogen-bond donors (Lipinski definition) is 2. The van der Waals surface area contributed by atoms with Gasteiger partial charge in [0.05, 0.1) is 10.5 Å². The number of halogens is 2. The van der Waals surface area contributed by atoms with Gasteiger partial charge >= 0.3 is 5.97 Å². The maximum absolute atomic E-state index is 13.0. The van der Waals surface area contributed by atoms with Crippen molar-refractivity contribution in [1.82, 2.24) is 4.31 Å². The Labute approximate surface area is 171 Å². The fraction of sp³-hybridized carbons (Fsp3) is 0.222. The molecule has 1 saturated heterocycles. The van der Waals surface area contributed by atoms with E-state index in [0.717, 1.165) is 4.31 Å². The van der Waals surface area contributed by atoms with E-state index in [-0.39, 0.29) is 32.7 Å². The molecule has 28 heavy (non-hydrogen) atoms. The first-order valence-corrected chi connectivity index (χ1v) is 10.5. The minimum atomic E-state index is -3.98. The summed E-state index contributed by atoms with van der Waals surface area (Å²) in [6.07, 6.45) is 0.860. The molecular formula is C18H16Cl2N2O5S. The van der Waals surface area contributed by atoms with Gasteiger partial charge < -0.3 is 10.4 Å². The topological polar surface area (TPSA) is 104 Å². The minimum Gasteiger partial charge on any atom is -0.478 e. The Morgan fingerprint density at radius 2 is 1.79 bits per heavy atom. The number of nitrogens with one attached hydrogen (secondary N) is 1. The van der Waals surface area contributed by atoms with Gasteiger partial charge in [-0.3, -0.25) is 4.79 Å². The van der Waals surface area contributed by atoms with Gasteiger partial charge in [0.2, 0.25) is 15.9 Å². The average Bonchev–Trinajstić information content (AvgIpc) is 3.12. The smallest absolute Gasteiger partial charge is 0.335 e. The molecule has 2 N–H and O–H groups in total. The zero-order chi connectivity index (χ0) is 20.5. The van der Waals surface area contributed by atoms with Gasteiger partial charge in [-0.25, -0.2) is 13.2 Å². The van der Waals surface area contributed by atoms with E-state index < -0.39 is 27.9 Å². The number of rotatable bonds is 5. The van der Waals surface area contributed by atoms with Crippen molar-refractivity contribution in [3.63, 3.8) is 0 Å². The van der Waals surface area contributed by atoms with E-state index >= 15 is 0 Å². The predicted molar refractivity (Wildman–Crippen MR) is 105 cm³/mol. The lowest BCUT2D eigenvalue weighted by Gasteiger charge is -2.23. The SMILES string of the molecule is O=C(O)c1cccc(NC(=O)[C@@H]2CCCN2S(=O)(=O)c2cc(Cl)cc(Cl)c2)c1. The molecule has 3 rings (SSSR count). The van der Waals surface area contributed by atoms with Crippen molar-refractivity contribution in [3.8, 4) is 0 Å². The van der Waals surface area contributed by atoms with Crippen LogP contribution in [0.4, 0.5) is 5.69 Å². The summed E-state index contributed by atoms with van der Waals surface area (Å²) in [5.41, 5.74) is 0.294. The highest BCUT2D eigenvalue weighted by atomic mass is 35.5. The molecule has 0 saturated carbocycles. The summed E-state index contributed by atoms with van der Waals surface area (Å²) in [6.45, 7) is 0.180. The number of anilines is 1. The molecule has 0 radical (unpaired) electrons. The lowest BCUT2D eigenvalue weighted by molar-refractivity contribution is -0.119. The molecule has 0 unspecified atom stereocenters. The number of amides is 1. The summed E-state index contributed by atoms with van der Waals surface area (Å²) in [5.74, 6) is -1.66. The van der Waals surface area contributed by atoms with E-state index in [2.05, 4.69) is 5.32 Å². The molecule has 0 bridgehead atoms. The summed E-state index contributed by atoms with van der Waals surface area (Å²) in [4.78, 5) is 23.7. The Bertz CT molecular complexity index is 1020. The Hall–Kier alpha value is -2.13. The van der Waals surface area contributed by atoms with Crippen molar-refractivity contribution in [2.24, 2.45) is 0 Å². The number of benzene rings is 2. The summed E-state index contributed by atoms with van der Waals surface area (Å²) in [6, 6.07) is 8.81. The maximum Gasteiger partial charge on any atom is 0.335 e. The van der Waals surface area contributed by atoms with E-state index in [1.807, 2.05) is 0 Å². The number of hydrogen-bond acceptors (Lipinski definition) is 4. The molecule has 1 aliphatic rings. The van der Waals surface area contributed by atoms with E-state index in [1.54, 1.807) is 0 Å². The van der Waals surface area contributed by atoms with Crippen molar-refractivity contribution in [2.75, 3.05) is 11.9 Å². The van der Waals surface area contributed by atoms with Gasteiger partial charge in [0.25, 0.3) is 0 Å². The summed E-state index contributed by atoms with van der Waals surface area (Å²) < 4.78 is 27.1. The first kappa shape index (κ1) is 20.6. The number of sulfonamides is 1. The van der Waals surface area contributed by atoms with Gasteiger partial charge in [-0.15, -0.1) is 0 Å². The van der Waals surface area contributed by atoms with Crippen molar-refractivity contribution in [3.05, 3.63) is 58.1 Å². The van der Waals surface area contributed by atoms with E-state index in [1.165, 1.54) is 42.5 Å². The van der Waals surface area contributed by atoms with Crippen LogP contribution in [-0.4, -0.2) is 42.3 Å². The van der Waals surface area contributed by atoms with Gasteiger partial charge in [0, 0.05) is 22.3 Å². The second kappa shape index (κ2) is 8.08. The third kappa shape index (κ3) is 4.30. The Morgan fingerprint density at radius 1 is 1.11 bits per heavy atom. The first-order chi connectivity index (χ1) is 13.2. The minimum absolute atomic E-state index is 0.0160. The molecule has 2 aromatic rings. The Morgan fingerprint density at radius 3 is 2.43 bits per heavy atom. The molecule has 10 heteroatoms. The lowest BCUT2D eigenvalue weighted by Crippen LogP contribution is -2.43. The molecule has 1 fully saturated rings. The first-order valence-electron chi connectivity index (χ1n) is 8.30. The predicted octanol–water partition coefficient (Wildman–Crippen LogP) is 3.48. The molecule has 0 aliphatic carbocycles. The second-order valence-electron chi connectivity index (χ2n) is 6.25. The summed E-state index contributed by atoms with van der Waals surface area (Å²) in [7, 11) is -3.98. The molecule has 1 atom stereocenters. The van der Waals surface area contributed by atoms with E-state index in [9.17, 15) is 18.0 Å². The van der Waals surface area contributed by atoms with Crippen molar-refractivity contribution in [1.29, 1.82) is 0 Å². The standard InChI is InChI=1S/C18H16Cl2N2O5S/c19-12-8-13(20)10-15(9-12)28(26,27)22-6-2-5-16(22)17(23)21-14-4-1-3-11(7-14)18(24)25/h1,3-4,7-10,16H,2,5-6H2,(H,21,23)(H,24,25)/t16-/m0/s1. The van der Waals surface area contributed by atoms with Gasteiger partial charge in [0.1, 0.15) is 6.04 Å². The van der Waals surface area contributed by atoms with E-state index in [4.69, 9.17) is 28.3 Å². The number of carbonyl (C=O) groups is 2. The van der Waals surface area contributed by atoms with Crippen molar-refractivity contribution >= 4 is 50.8 Å². The van der Waals surface area contributed by atoms with Crippen LogP contribution in [0.25, 0.3) is 0 Å². The highest BCUT2D eigenvalue weighted by molar-refractivity contribution is 7.89. The number of aromatic carboxylic acids is 1. The van der Waals surface area contributed by atoms with E-state index in [0.29, 0.717) is 12.8 Å². The summed E-state index contributed by atoms with van der Waals surface area (Å²) in [5, 5.41) is 12.0. The maximum atomic E-state index is 13.0. The van der Waals surface area contributed by atoms with Gasteiger partial charge in [-0.05, 0) is 49.2 Å². The van der Waals surface area contributed by atoms with Gasteiger partial charge in [-0.2, -0.15) is 4.31 Å². The number of carboxylic acid groups (broad SMARTS) is 1. The highest BCUT2D eigenvalue weighted by Gasteiger charge is 2.39. The molecule has 1 aliphatic heterocycles. The fourth-order valence-electron chi connectivity index (χ4n) is 3.06. The molecule has 0 aromatic heterocycles. The molecule has 2 aromatic carbocycles. The molecular weight excluding hydrogens is 427 g/mol. The van der Waals surface area contributed by atoms with Crippen LogP contribution >= 0.6 is 23.2 Å². The number of carboxylic acids is 1. The Kier molecular flexibility index (Phi) is 5.95. The number of carbonyl (C=O) groups excluding carboxylic acids is 1. The van der Waals surface area contributed by atoms with Crippen LogP contribution < -0.4 is 5.32 Å². The van der Waals surface area contributed by atoms with Crippen LogP contribution in [0.3, 0.4) is 0 Å². The van der Waals surface area contributed by atoms with Gasteiger partial charge in [-0.1, -0.05) is 29.3 Å². The molecule has 1 amide bonds. The third-order valence-electron chi connectivity index (χ3n) is 4.33. The van der Waals surface area contributed by atoms with Crippen LogP contribution in [0, 0.1) is 0 Å². The zero-order valence-corrected chi connectivity index (χ0v) is 16.8. The van der Waals surface area contributed by atoms with Crippen LogP contribution in [0.15, 0.2) is 47.4 Å². The van der Waals surface area contributed by atoms with Crippen molar-refractivity contribution in [2.45, 2.75) is 23.8 Å². The summed E-state index contributed by atoms with van der Waals surface area (Å²) >= 11 is 11.8. The number of nitrogens with zero attached hydrogens (tertiary/aromatic N) is 1. The monoisotopic (exact) mass is 442 g/mol. The lowest BCUT2D eigenvalue weighted by atomic mass is 10.2. The van der Waals surface area contributed by atoms with Crippen LogP contribution in [0.2, 0.25) is 10.0 Å². The van der Waals surface area contributed by atoms with Crippen LogP contribution in [0.1, 0.15) is 23.2 Å². The molecule has 1 heterocycles. The van der Waals surface area contributed by atoms with Crippen molar-refractivity contribution < 1.29 is 23.1 Å². The third-order valence-corrected chi connectivity index (χ3v) is 6.65. The molecule has 7 nitrogen and oxygen atoms in total. The fourth-order valence-corrected chi connectivity index (χ4v) is 5.44. The zero-order valence-electron chi connectivity index (χ0n) is 14.4. The average molecular weight is 443 g/mol.